The third-order valence-corrected chi connectivity index (χ3v) is 10.8. The second kappa shape index (κ2) is 8.67. The van der Waals surface area contributed by atoms with E-state index in [1.165, 1.54) is 6.07 Å². The van der Waals surface area contributed by atoms with E-state index >= 15 is 0 Å². The Balaban J connectivity index is 0.875. The van der Waals surface area contributed by atoms with Crippen molar-refractivity contribution in [2.24, 2.45) is 16.7 Å². The van der Waals surface area contributed by atoms with E-state index in [0.717, 1.165) is 68.8 Å². The number of aromatic amines is 1. The second-order valence-electron chi connectivity index (χ2n) is 13.0. The van der Waals surface area contributed by atoms with Gasteiger partial charge >= 0.3 is 12.2 Å². The maximum atomic E-state index is 13.1. The van der Waals surface area contributed by atoms with Gasteiger partial charge in [0.15, 0.2) is 15.7 Å². The Morgan fingerprint density at radius 2 is 1.68 bits per heavy atom. The first-order valence-electron chi connectivity index (χ1n) is 13.8. The average Bonchev–Trinajstić information content (AvgIpc) is 3.18. The van der Waals surface area contributed by atoms with Crippen LogP contribution >= 0.6 is 0 Å². The molecule has 7 rings (SSSR count). The Morgan fingerprint density at radius 3 is 2.23 bits per heavy atom. The topological polar surface area (TPSA) is 108 Å². The van der Waals surface area contributed by atoms with Crippen LogP contribution in [0.15, 0.2) is 23.1 Å². The number of sulfone groups is 1. The Morgan fingerprint density at radius 1 is 1.05 bits per heavy atom. The van der Waals surface area contributed by atoms with Gasteiger partial charge in [-0.05, 0) is 55.7 Å². The van der Waals surface area contributed by atoms with Crippen LogP contribution in [0.3, 0.4) is 0 Å². The molecular weight excluding hydrogens is 547 g/mol. The molecule has 0 radical (unpaired) electrons. The van der Waals surface area contributed by atoms with Gasteiger partial charge in [0.2, 0.25) is 0 Å². The zero-order valence-electron chi connectivity index (χ0n) is 22.2. The zero-order valence-corrected chi connectivity index (χ0v) is 23.0. The number of H-pyrrole nitrogens is 1. The molecule has 0 atom stereocenters. The summed E-state index contributed by atoms with van der Waals surface area (Å²) >= 11 is 0. The van der Waals surface area contributed by atoms with E-state index in [0.29, 0.717) is 50.1 Å². The average molecular weight is 580 g/mol. The highest BCUT2D eigenvalue weighted by Crippen LogP contribution is 2.57. The number of likely N-dealkylation sites (tertiary alicyclic amines) is 2. The molecule has 5 aliphatic rings. The minimum atomic E-state index is -4.59. The van der Waals surface area contributed by atoms with Crippen molar-refractivity contribution in [1.82, 2.24) is 25.0 Å². The second-order valence-corrected chi connectivity index (χ2v) is 15.0. The molecule has 2 aromatic rings. The maximum absolute atomic E-state index is 13.1. The number of urea groups is 1. The van der Waals surface area contributed by atoms with E-state index in [9.17, 15) is 26.4 Å². The van der Waals surface area contributed by atoms with E-state index in [4.69, 9.17) is 4.74 Å². The van der Waals surface area contributed by atoms with Crippen molar-refractivity contribution in [3.05, 3.63) is 41.0 Å². The number of carbonyl (C=O) groups is 1. The number of alkyl halides is 3. The molecule has 0 bridgehead atoms. The highest BCUT2D eigenvalue weighted by Gasteiger charge is 2.58. The number of nitrogens with zero attached hydrogens (tertiary/aromatic N) is 4. The first-order chi connectivity index (χ1) is 18.8. The van der Waals surface area contributed by atoms with Crippen LogP contribution in [0.2, 0.25) is 0 Å². The highest BCUT2D eigenvalue weighted by molar-refractivity contribution is 7.90. The summed E-state index contributed by atoms with van der Waals surface area (Å²) in [5.41, 5.74) is -0.273. The molecule has 0 unspecified atom stereocenters. The van der Waals surface area contributed by atoms with Crippen molar-refractivity contribution >= 4 is 15.9 Å². The van der Waals surface area contributed by atoms with Crippen molar-refractivity contribution in [2.75, 3.05) is 45.6 Å². The van der Waals surface area contributed by atoms with Gasteiger partial charge in [0, 0.05) is 49.2 Å². The zero-order chi connectivity index (χ0) is 28.1. The van der Waals surface area contributed by atoms with Crippen LogP contribution in [-0.4, -0.2) is 85.1 Å². The minimum absolute atomic E-state index is 0.0527. The number of amides is 2. The predicted molar refractivity (Wildman–Crippen MR) is 136 cm³/mol. The number of nitrogens with one attached hydrogen (secondary N) is 1. The van der Waals surface area contributed by atoms with E-state index in [1.807, 2.05) is 9.80 Å². The van der Waals surface area contributed by atoms with Crippen molar-refractivity contribution in [1.29, 1.82) is 0 Å². The van der Waals surface area contributed by atoms with Crippen LogP contribution < -0.4 is 0 Å². The number of halogens is 3. The summed E-state index contributed by atoms with van der Waals surface area (Å²) in [5, 5.41) is 7.44. The van der Waals surface area contributed by atoms with Gasteiger partial charge in [-0.15, -0.1) is 0 Å². The maximum Gasteiger partial charge on any atom is 0.416 e. The molecule has 40 heavy (non-hydrogen) atoms. The van der Waals surface area contributed by atoms with Crippen molar-refractivity contribution in [2.45, 2.75) is 55.0 Å². The summed E-state index contributed by atoms with van der Waals surface area (Å²) in [6, 6.07) is 3.09. The fourth-order valence-electron chi connectivity index (χ4n) is 7.60. The number of hydrogen-bond donors (Lipinski definition) is 1. The molecule has 13 heteroatoms. The summed E-state index contributed by atoms with van der Waals surface area (Å²) in [6.07, 6.45) is 0.492. The van der Waals surface area contributed by atoms with Gasteiger partial charge in [0.1, 0.15) is 5.82 Å². The van der Waals surface area contributed by atoms with Gasteiger partial charge in [-0.1, -0.05) is 6.07 Å². The van der Waals surface area contributed by atoms with Crippen molar-refractivity contribution < 1.29 is 31.1 Å². The van der Waals surface area contributed by atoms with E-state index in [2.05, 4.69) is 15.2 Å². The van der Waals surface area contributed by atoms with Crippen LogP contribution in [0.25, 0.3) is 0 Å². The first kappa shape index (κ1) is 26.2. The fourth-order valence-corrected chi connectivity index (χ4v) is 8.56. The molecular formula is C27H32F3N5O4S. The molecule has 4 heterocycles. The Hall–Kier alpha value is -2.67. The molecule has 216 valence electrons. The van der Waals surface area contributed by atoms with Crippen LogP contribution in [0, 0.1) is 16.7 Å². The molecule has 2 aliphatic carbocycles. The number of ether oxygens (including phenoxy) is 1. The van der Waals surface area contributed by atoms with Gasteiger partial charge in [0.25, 0.3) is 0 Å². The monoisotopic (exact) mass is 579 g/mol. The highest BCUT2D eigenvalue weighted by atomic mass is 32.2. The molecule has 3 aliphatic heterocycles. The lowest BCUT2D eigenvalue weighted by molar-refractivity contribution is -0.137. The molecule has 9 nitrogen and oxygen atoms in total. The largest absolute Gasteiger partial charge is 0.416 e. The third kappa shape index (κ3) is 4.40. The summed E-state index contributed by atoms with van der Waals surface area (Å²) < 4.78 is 69.0. The van der Waals surface area contributed by atoms with Gasteiger partial charge in [0.05, 0.1) is 29.6 Å². The Labute approximate surface area is 230 Å². The van der Waals surface area contributed by atoms with Crippen LogP contribution in [-0.2, 0) is 27.2 Å². The van der Waals surface area contributed by atoms with E-state index in [1.54, 1.807) is 0 Å². The summed E-state index contributed by atoms with van der Waals surface area (Å²) in [4.78, 5) is 21.3. The van der Waals surface area contributed by atoms with E-state index in [-0.39, 0.29) is 27.7 Å². The summed E-state index contributed by atoms with van der Waals surface area (Å²) in [6.45, 7) is 4.29. The normalized spacial score (nSPS) is 24.3. The molecule has 2 saturated carbocycles. The molecule has 1 aromatic carbocycles. The lowest BCUT2D eigenvalue weighted by Gasteiger charge is -2.63. The summed E-state index contributed by atoms with van der Waals surface area (Å²) in [7, 11) is -3.79. The number of rotatable bonds is 5. The van der Waals surface area contributed by atoms with Gasteiger partial charge in [-0.25, -0.2) is 18.2 Å². The quantitative estimate of drug-likeness (QED) is 0.580. The number of carbonyl (C=O) groups excluding carboxylic acids is 1. The molecule has 1 aromatic heterocycles. The van der Waals surface area contributed by atoms with Crippen LogP contribution in [0.5, 0.6) is 0 Å². The summed E-state index contributed by atoms with van der Waals surface area (Å²) in [5.74, 6) is 2.65. The lowest BCUT2D eigenvalue weighted by atomic mass is 9.56. The number of aromatic nitrogens is 3. The molecule has 5 fully saturated rings. The van der Waals surface area contributed by atoms with Crippen molar-refractivity contribution in [3.63, 3.8) is 0 Å². The Kier molecular flexibility index (Phi) is 5.69. The molecule has 1 N–H and O–H groups in total. The smallest absolute Gasteiger partial charge is 0.380 e. The first-order valence-corrected chi connectivity index (χ1v) is 15.6. The van der Waals surface area contributed by atoms with Crippen LogP contribution in [0.1, 0.15) is 60.3 Å². The van der Waals surface area contributed by atoms with Gasteiger partial charge in [-0.3, -0.25) is 5.10 Å². The molecule has 2 spiro atoms. The third-order valence-electron chi connectivity index (χ3n) is 9.66. The SMILES string of the molecule is CS(=O)(=O)c1cc(C(F)(F)F)ccc1CC1CC2(C1)CN(C(=O)N1CC3(CC(c4nc(C5COC5)n[nH]4)C3)C1)C2. The minimum Gasteiger partial charge on any atom is -0.380 e. The number of hydrogen-bond acceptors (Lipinski definition) is 6. The molecule has 2 amide bonds. The fraction of sp³-hybridized carbons (Fsp3) is 0.667. The van der Waals surface area contributed by atoms with Crippen molar-refractivity contribution in [3.8, 4) is 0 Å². The predicted octanol–water partition coefficient (Wildman–Crippen LogP) is 3.59. The molecule has 3 saturated heterocycles. The Bertz CT molecular complexity index is 1440. The van der Waals surface area contributed by atoms with Crippen LogP contribution in [0.4, 0.5) is 18.0 Å². The van der Waals surface area contributed by atoms with Gasteiger partial charge in [-0.2, -0.15) is 18.3 Å². The standard InChI is InChI=1S/C27H32F3N5O4S/c1-40(37,38)21-5-20(27(28,29)30)3-2-17(21)4-16-6-25(7-16)12-34(13-25)24(36)35-14-26(15-35)8-18(9-26)22-31-23(33-32-22)19-10-39-11-19/h2-3,5,16,18-19H,4,6-15H2,1H3,(H,31,32,33). The van der Waals surface area contributed by atoms with Gasteiger partial charge < -0.3 is 14.5 Å². The van der Waals surface area contributed by atoms with E-state index < -0.39 is 21.6 Å². The lowest BCUT2D eigenvalue weighted by Crippen LogP contribution is -2.71. The number of benzene rings is 1.